The molecule has 5 nitrogen and oxygen atoms in total. The Balaban J connectivity index is 1.89. The first kappa shape index (κ1) is 14.8. The molecule has 2 N–H and O–H groups in total. The largest absolute Gasteiger partial charge is 0.477 e. The van der Waals surface area contributed by atoms with Crippen LogP contribution in [0.2, 0.25) is 0 Å². The van der Waals surface area contributed by atoms with Crippen LogP contribution in [-0.2, 0) is 4.74 Å². The van der Waals surface area contributed by atoms with Crippen molar-refractivity contribution in [1.82, 2.24) is 4.98 Å². The molecular weight excluding hydrogens is 256 g/mol. The summed E-state index contributed by atoms with van der Waals surface area (Å²) in [4.78, 5) is 15.0. The third-order valence-corrected chi connectivity index (χ3v) is 4.01. The van der Waals surface area contributed by atoms with E-state index in [0.717, 1.165) is 26.2 Å². The van der Waals surface area contributed by atoms with Crippen molar-refractivity contribution in [1.29, 1.82) is 0 Å². The lowest BCUT2D eigenvalue weighted by Crippen LogP contribution is -2.37. The van der Waals surface area contributed by atoms with Crippen LogP contribution in [0.15, 0.2) is 18.2 Å². The molecular formula is C15H22N2O3. The van der Waals surface area contributed by atoms with E-state index in [9.17, 15) is 4.79 Å². The van der Waals surface area contributed by atoms with Crippen molar-refractivity contribution >= 4 is 11.8 Å². The second kappa shape index (κ2) is 6.70. The number of aromatic carboxylic acids is 1. The maximum Gasteiger partial charge on any atom is 0.354 e. The number of rotatable bonds is 8. The lowest BCUT2D eigenvalue weighted by molar-refractivity contribution is 0.0636. The smallest absolute Gasteiger partial charge is 0.354 e. The molecule has 1 heterocycles. The average molecular weight is 278 g/mol. The summed E-state index contributed by atoms with van der Waals surface area (Å²) < 4.78 is 5.45. The molecule has 0 aliphatic heterocycles. The molecule has 0 aromatic carbocycles. The highest BCUT2D eigenvalue weighted by Gasteiger charge is 2.36. The van der Waals surface area contributed by atoms with Gasteiger partial charge in [-0.1, -0.05) is 12.5 Å². The summed E-state index contributed by atoms with van der Waals surface area (Å²) in [6.07, 6.45) is 4.71. The maximum absolute atomic E-state index is 10.9. The van der Waals surface area contributed by atoms with E-state index in [0.29, 0.717) is 5.82 Å². The van der Waals surface area contributed by atoms with E-state index < -0.39 is 5.97 Å². The van der Waals surface area contributed by atoms with Crippen LogP contribution in [-0.4, -0.2) is 35.8 Å². The predicted molar refractivity (Wildman–Crippen MR) is 77.1 cm³/mol. The Morgan fingerprint density at radius 2 is 2.30 bits per heavy atom. The van der Waals surface area contributed by atoms with Crippen LogP contribution < -0.4 is 5.32 Å². The molecule has 0 atom stereocenters. The van der Waals surface area contributed by atoms with Crippen LogP contribution >= 0.6 is 0 Å². The van der Waals surface area contributed by atoms with E-state index in [1.165, 1.54) is 25.3 Å². The first-order valence-electron chi connectivity index (χ1n) is 7.17. The highest BCUT2D eigenvalue weighted by Crippen LogP contribution is 2.43. The predicted octanol–water partition coefficient (Wildman–Crippen LogP) is 2.79. The molecule has 1 fully saturated rings. The SMILES string of the molecule is CCOCCC1(CNc2cccc(C(=O)O)n2)CCC1. The molecule has 0 spiro atoms. The van der Waals surface area contributed by atoms with Gasteiger partial charge in [-0.15, -0.1) is 0 Å². The normalized spacial score (nSPS) is 16.4. The van der Waals surface area contributed by atoms with Crippen LogP contribution in [0.3, 0.4) is 0 Å². The molecule has 1 aliphatic rings. The first-order chi connectivity index (χ1) is 9.65. The number of nitrogens with zero attached hydrogens (tertiary/aromatic N) is 1. The molecule has 0 saturated heterocycles. The number of ether oxygens (including phenoxy) is 1. The number of hydrogen-bond acceptors (Lipinski definition) is 4. The zero-order valence-corrected chi connectivity index (χ0v) is 11.9. The monoisotopic (exact) mass is 278 g/mol. The van der Waals surface area contributed by atoms with E-state index in [1.54, 1.807) is 12.1 Å². The number of nitrogens with one attached hydrogen (secondary N) is 1. The molecule has 20 heavy (non-hydrogen) atoms. The molecule has 0 radical (unpaired) electrons. The van der Waals surface area contributed by atoms with Gasteiger partial charge in [-0.3, -0.25) is 0 Å². The minimum atomic E-state index is -0.997. The second-order valence-electron chi connectivity index (χ2n) is 5.37. The van der Waals surface area contributed by atoms with Gasteiger partial charge in [-0.2, -0.15) is 0 Å². The molecule has 2 rings (SSSR count). The summed E-state index contributed by atoms with van der Waals surface area (Å²) in [5, 5.41) is 12.2. The number of carboxylic acids is 1. The quantitative estimate of drug-likeness (QED) is 0.715. The Hall–Kier alpha value is -1.62. The van der Waals surface area contributed by atoms with Crippen molar-refractivity contribution in [2.24, 2.45) is 5.41 Å². The van der Waals surface area contributed by atoms with Gasteiger partial charge in [-0.25, -0.2) is 9.78 Å². The summed E-state index contributed by atoms with van der Waals surface area (Å²) in [6.45, 7) is 4.38. The highest BCUT2D eigenvalue weighted by atomic mass is 16.5. The van der Waals surface area contributed by atoms with Gasteiger partial charge >= 0.3 is 5.97 Å². The number of carbonyl (C=O) groups is 1. The maximum atomic E-state index is 10.9. The van der Waals surface area contributed by atoms with Crippen LogP contribution in [0.4, 0.5) is 5.82 Å². The Bertz CT molecular complexity index is 458. The van der Waals surface area contributed by atoms with Gasteiger partial charge in [0, 0.05) is 19.8 Å². The Morgan fingerprint density at radius 1 is 1.50 bits per heavy atom. The van der Waals surface area contributed by atoms with Crippen molar-refractivity contribution in [3.8, 4) is 0 Å². The van der Waals surface area contributed by atoms with Crippen LogP contribution in [0, 0.1) is 5.41 Å². The molecule has 1 aromatic rings. The van der Waals surface area contributed by atoms with E-state index in [2.05, 4.69) is 10.3 Å². The summed E-state index contributed by atoms with van der Waals surface area (Å²) >= 11 is 0. The zero-order chi connectivity index (χ0) is 14.4. The first-order valence-corrected chi connectivity index (χ1v) is 7.17. The molecule has 0 unspecified atom stereocenters. The standard InChI is InChI=1S/C15H22N2O3/c1-2-20-10-9-15(7-4-8-15)11-16-13-6-3-5-12(17-13)14(18)19/h3,5-6H,2,4,7-11H2,1H3,(H,16,17)(H,18,19). The summed E-state index contributed by atoms with van der Waals surface area (Å²) in [5.41, 5.74) is 0.364. The Kier molecular flexibility index (Phi) is 4.95. The van der Waals surface area contributed by atoms with Gasteiger partial charge in [0.2, 0.25) is 0 Å². The van der Waals surface area contributed by atoms with Gasteiger partial charge in [0.1, 0.15) is 5.82 Å². The van der Waals surface area contributed by atoms with Gasteiger partial charge in [0.05, 0.1) is 0 Å². The van der Waals surface area contributed by atoms with Crippen LogP contribution in [0.5, 0.6) is 0 Å². The molecule has 5 heteroatoms. The minimum Gasteiger partial charge on any atom is -0.477 e. The summed E-state index contributed by atoms with van der Waals surface area (Å²) in [5.74, 6) is -0.365. The third-order valence-electron chi connectivity index (χ3n) is 4.01. The van der Waals surface area contributed by atoms with Gasteiger partial charge in [-0.05, 0) is 43.7 Å². The number of hydrogen-bond donors (Lipinski definition) is 2. The van der Waals surface area contributed by atoms with E-state index in [-0.39, 0.29) is 11.1 Å². The van der Waals surface area contributed by atoms with Gasteiger partial charge in [0.25, 0.3) is 0 Å². The Morgan fingerprint density at radius 3 is 2.90 bits per heavy atom. The lowest BCUT2D eigenvalue weighted by Gasteiger charge is -2.42. The Labute approximate surface area is 119 Å². The fourth-order valence-corrected chi connectivity index (χ4v) is 2.56. The molecule has 1 aliphatic carbocycles. The molecule has 1 aromatic heterocycles. The van der Waals surface area contributed by atoms with Crippen molar-refractivity contribution in [3.05, 3.63) is 23.9 Å². The van der Waals surface area contributed by atoms with Crippen molar-refractivity contribution in [2.45, 2.75) is 32.6 Å². The summed E-state index contributed by atoms with van der Waals surface area (Å²) in [6, 6.07) is 5.02. The third kappa shape index (κ3) is 3.70. The highest BCUT2D eigenvalue weighted by molar-refractivity contribution is 5.85. The van der Waals surface area contributed by atoms with Gasteiger partial charge < -0.3 is 15.2 Å². The van der Waals surface area contributed by atoms with Gasteiger partial charge in [0.15, 0.2) is 5.69 Å². The fraction of sp³-hybridized carbons (Fsp3) is 0.600. The minimum absolute atomic E-state index is 0.0759. The fourth-order valence-electron chi connectivity index (χ4n) is 2.56. The number of anilines is 1. The van der Waals surface area contributed by atoms with E-state index in [1.807, 2.05) is 6.92 Å². The average Bonchev–Trinajstić information content (AvgIpc) is 2.41. The number of carboxylic acid groups (broad SMARTS) is 1. The van der Waals surface area contributed by atoms with Crippen molar-refractivity contribution < 1.29 is 14.6 Å². The summed E-state index contributed by atoms with van der Waals surface area (Å²) in [7, 11) is 0. The molecule has 0 amide bonds. The van der Waals surface area contributed by atoms with Crippen molar-refractivity contribution in [3.63, 3.8) is 0 Å². The zero-order valence-electron chi connectivity index (χ0n) is 11.9. The second-order valence-corrected chi connectivity index (χ2v) is 5.37. The molecule has 110 valence electrons. The molecule has 0 bridgehead atoms. The molecule has 1 saturated carbocycles. The number of aromatic nitrogens is 1. The lowest BCUT2D eigenvalue weighted by atomic mass is 9.67. The van der Waals surface area contributed by atoms with E-state index in [4.69, 9.17) is 9.84 Å². The van der Waals surface area contributed by atoms with Crippen LogP contribution in [0.1, 0.15) is 43.1 Å². The van der Waals surface area contributed by atoms with E-state index >= 15 is 0 Å². The number of pyridine rings is 1. The van der Waals surface area contributed by atoms with Crippen molar-refractivity contribution in [2.75, 3.05) is 25.1 Å². The van der Waals surface area contributed by atoms with Crippen LogP contribution in [0.25, 0.3) is 0 Å². The topological polar surface area (TPSA) is 71.5 Å².